The fraction of sp³-hybridized carbons (Fsp3) is 0.333. The molecule has 2 heterocycles. The maximum absolute atomic E-state index is 12.3. The molecule has 7 nitrogen and oxygen atoms in total. The Balaban J connectivity index is 1.38. The second kappa shape index (κ2) is 7.80. The summed E-state index contributed by atoms with van der Waals surface area (Å²) in [6.07, 6.45) is 7.84. The number of anilines is 1. The van der Waals surface area contributed by atoms with Crippen LogP contribution in [0.5, 0.6) is 0 Å². The van der Waals surface area contributed by atoms with Crippen molar-refractivity contribution in [3.05, 3.63) is 53.9 Å². The van der Waals surface area contributed by atoms with Gasteiger partial charge < -0.3 is 10.1 Å². The van der Waals surface area contributed by atoms with Crippen LogP contribution >= 0.6 is 0 Å². The Morgan fingerprint density at radius 3 is 2.68 bits per heavy atom. The Morgan fingerprint density at radius 1 is 1.18 bits per heavy atom. The van der Waals surface area contributed by atoms with E-state index in [-0.39, 0.29) is 12.5 Å². The van der Waals surface area contributed by atoms with E-state index >= 15 is 0 Å². The number of fused-ring (bicyclic) bond motifs is 1. The number of hydrogen-bond acceptors (Lipinski definition) is 5. The smallest absolute Gasteiger partial charge is 0.340 e. The lowest BCUT2D eigenvalue weighted by atomic mass is 10.2. The molecule has 0 aliphatic heterocycles. The Labute approximate surface area is 162 Å². The van der Waals surface area contributed by atoms with Crippen LogP contribution in [0, 0.1) is 6.92 Å². The topological polar surface area (TPSA) is 86.1 Å². The van der Waals surface area contributed by atoms with Crippen LogP contribution in [-0.2, 0) is 9.53 Å². The molecule has 0 atom stereocenters. The molecular formula is C21H22N4O3. The third kappa shape index (κ3) is 3.88. The van der Waals surface area contributed by atoms with Gasteiger partial charge in [-0.15, -0.1) is 0 Å². The third-order valence-electron chi connectivity index (χ3n) is 5.01. The quantitative estimate of drug-likeness (QED) is 0.685. The minimum Gasteiger partial charge on any atom is -0.452 e. The van der Waals surface area contributed by atoms with Crippen LogP contribution in [0.2, 0.25) is 0 Å². The molecule has 1 aliphatic carbocycles. The molecule has 3 aromatic rings. The third-order valence-corrected chi connectivity index (χ3v) is 5.01. The van der Waals surface area contributed by atoms with Crippen molar-refractivity contribution in [3.8, 4) is 0 Å². The molecule has 4 rings (SSSR count). The molecule has 1 aliphatic rings. The van der Waals surface area contributed by atoms with E-state index in [1.807, 2.05) is 23.7 Å². The molecule has 28 heavy (non-hydrogen) atoms. The lowest BCUT2D eigenvalue weighted by Crippen LogP contribution is -2.21. The molecule has 0 radical (unpaired) electrons. The maximum atomic E-state index is 12.3. The van der Waals surface area contributed by atoms with E-state index in [1.165, 1.54) is 19.0 Å². The molecule has 0 spiro atoms. The van der Waals surface area contributed by atoms with Crippen LogP contribution in [0.15, 0.2) is 42.7 Å². The van der Waals surface area contributed by atoms with Crippen molar-refractivity contribution in [2.24, 2.45) is 0 Å². The summed E-state index contributed by atoms with van der Waals surface area (Å²) in [6, 6.07) is 9.49. The molecule has 0 unspecified atom stereocenters. The van der Waals surface area contributed by atoms with E-state index in [1.54, 1.807) is 24.4 Å². The summed E-state index contributed by atoms with van der Waals surface area (Å²) in [7, 11) is 0. The molecule has 1 aromatic carbocycles. The van der Waals surface area contributed by atoms with Gasteiger partial charge in [0, 0.05) is 17.3 Å². The average Bonchev–Trinajstić information content (AvgIpc) is 3.36. The van der Waals surface area contributed by atoms with Crippen molar-refractivity contribution in [1.29, 1.82) is 0 Å². The van der Waals surface area contributed by atoms with Gasteiger partial charge in [-0.1, -0.05) is 30.5 Å². The Hall–Kier alpha value is -3.22. The summed E-state index contributed by atoms with van der Waals surface area (Å²) >= 11 is 0. The molecule has 0 saturated heterocycles. The van der Waals surface area contributed by atoms with E-state index in [4.69, 9.17) is 4.74 Å². The molecule has 1 saturated carbocycles. The van der Waals surface area contributed by atoms with Crippen molar-refractivity contribution in [2.75, 3.05) is 11.9 Å². The van der Waals surface area contributed by atoms with Crippen LogP contribution in [0.4, 0.5) is 5.69 Å². The fourth-order valence-corrected chi connectivity index (χ4v) is 3.52. The van der Waals surface area contributed by atoms with E-state index in [9.17, 15) is 9.59 Å². The molecule has 1 N–H and O–H groups in total. The summed E-state index contributed by atoms with van der Waals surface area (Å²) in [6.45, 7) is 1.61. The largest absolute Gasteiger partial charge is 0.452 e. The lowest BCUT2D eigenvalue weighted by molar-refractivity contribution is -0.119. The van der Waals surface area contributed by atoms with Crippen molar-refractivity contribution in [3.63, 3.8) is 0 Å². The Kier molecular flexibility index (Phi) is 5.06. The van der Waals surface area contributed by atoms with Gasteiger partial charge in [0.05, 0.1) is 17.8 Å². The summed E-state index contributed by atoms with van der Waals surface area (Å²) in [5, 5.41) is 7.93. The first-order valence-electron chi connectivity index (χ1n) is 9.47. The maximum Gasteiger partial charge on any atom is 0.340 e. The number of carbonyl (C=O) groups is 2. The molecule has 0 bridgehead atoms. The van der Waals surface area contributed by atoms with Gasteiger partial charge in [0.2, 0.25) is 0 Å². The van der Waals surface area contributed by atoms with Crippen molar-refractivity contribution in [2.45, 2.75) is 38.6 Å². The number of rotatable bonds is 5. The predicted molar refractivity (Wildman–Crippen MR) is 105 cm³/mol. The lowest BCUT2D eigenvalue weighted by Gasteiger charge is -2.10. The SMILES string of the molecule is Cc1ccc(NC(=O)COC(=O)c2cnc3c(cnn3C3CCCC3)c2)cc1. The number of hydrogen-bond donors (Lipinski definition) is 1. The number of esters is 1. The van der Waals surface area contributed by atoms with Gasteiger partial charge in [0.1, 0.15) is 0 Å². The summed E-state index contributed by atoms with van der Waals surface area (Å²) in [4.78, 5) is 28.7. The number of aromatic nitrogens is 3. The highest BCUT2D eigenvalue weighted by molar-refractivity contribution is 5.96. The normalized spacial score (nSPS) is 14.3. The van der Waals surface area contributed by atoms with Crippen molar-refractivity contribution in [1.82, 2.24) is 14.8 Å². The zero-order valence-electron chi connectivity index (χ0n) is 15.7. The number of benzene rings is 1. The highest BCUT2D eigenvalue weighted by Crippen LogP contribution is 2.31. The van der Waals surface area contributed by atoms with Gasteiger partial charge in [-0.05, 0) is 38.0 Å². The van der Waals surface area contributed by atoms with E-state index in [0.717, 1.165) is 29.4 Å². The summed E-state index contributed by atoms with van der Waals surface area (Å²) in [5.41, 5.74) is 2.85. The first-order chi connectivity index (χ1) is 13.6. The van der Waals surface area contributed by atoms with Crippen molar-refractivity contribution >= 4 is 28.6 Å². The van der Waals surface area contributed by atoms with Crippen LogP contribution in [0.25, 0.3) is 11.0 Å². The van der Waals surface area contributed by atoms with Crippen LogP contribution < -0.4 is 5.32 Å². The van der Waals surface area contributed by atoms with Gasteiger partial charge in [-0.25, -0.2) is 14.5 Å². The van der Waals surface area contributed by atoms with Gasteiger partial charge in [-0.2, -0.15) is 5.10 Å². The number of amides is 1. The Morgan fingerprint density at radius 2 is 1.93 bits per heavy atom. The van der Waals surface area contributed by atoms with Gasteiger partial charge in [-0.3, -0.25) is 4.79 Å². The number of nitrogens with zero attached hydrogens (tertiary/aromatic N) is 3. The van der Waals surface area contributed by atoms with Crippen molar-refractivity contribution < 1.29 is 14.3 Å². The minimum absolute atomic E-state index is 0.307. The van der Waals surface area contributed by atoms with E-state index in [2.05, 4.69) is 15.4 Å². The second-order valence-corrected chi connectivity index (χ2v) is 7.15. The number of carbonyl (C=O) groups excluding carboxylic acids is 2. The van der Waals surface area contributed by atoms with E-state index in [0.29, 0.717) is 17.3 Å². The van der Waals surface area contributed by atoms with Gasteiger partial charge >= 0.3 is 5.97 Å². The first kappa shape index (κ1) is 18.2. The molecule has 144 valence electrons. The minimum atomic E-state index is -0.581. The second-order valence-electron chi connectivity index (χ2n) is 7.15. The first-order valence-corrected chi connectivity index (χ1v) is 9.47. The number of ether oxygens (including phenoxy) is 1. The van der Waals surface area contributed by atoms with Crippen LogP contribution in [-0.4, -0.2) is 33.2 Å². The highest BCUT2D eigenvalue weighted by Gasteiger charge is 2.21. The summed E-state index contributed by atoms with van der Waals surface area (Å²) < 4.78 is 7.07. The molecule has 1 amide bonds. The zero-order chi connectivity index (χ0) is 19.5. The predicted octanol–water partition coefficient (Wildman–Crippen LogP) is 3.65. The molecule has 7 heteroatoms. The number of pyridine rings is 1. The average molecular weight is 378 g/mol. The molecular weight excluding hydrogens is 356 g/mol. The van der Waals surface area contributed by atoms with Crippen LogP contribution in [0.1, 0.15) is 47.6 Å². The monoisotopic (exact) mass is 378 g/mol. The Bertz CT molecular complexity index is 1000. The zero-order valence-corrected chi connectivity index (χ0v) is 15.7. The molecule has 1 fully saturated rings. The fourth-order valence-electron chi connectivity index (χ4n) is 3.52. The number of aryl methyl sites for hydroxylation is 1. The standard InChI is InChI=1S/C21H22N4O3/c1-14-6-8-17(9-7-14)24-19(26)13-28-21(27)16-10-15-12-23-25(20(15)22-11-16)18-4-2-3-5-18/h6-12,18H,2-5,13H2,1H3,(H,24,26). The van der Waals surface area contributed by atoms with E-state index < -0.39 is 5.97 Å². The highest BCUT2D eigenvalue weighted by atomic mass is 16.5. The number of nitrogens with one attached hydrogen (secondary N) is 1. The van der Waals surface area contributed by atoms with Crippen LogP contribution in [0.3, 0.4) is 0 Å². The molecule has 2 aromatic heterocycles. The van der Waals surface area contributed by atoms with Gasteiger partial charge in [0.25, 0.3) is 5.91 Å². The van der Waals surface area contributed by atoms with Gasteiger partial charge in [0.15, 0.2) is 12.3 Å². The summed E-state index contributed by atoms with van der Waals surface area (Å²) in [5.74, 6) is -0.970.